The van der Waals surface area contributed by atoms with Crippen molar-refractivity contribution >= 4 is 17.5 Å². The Labute approximate surface area is 116 Å². The molecule has 1 aromatic carbocycles. The molecule has 0 bridgehead atoms. The number of halogens is 2. The maximum Gasteiger partial charge on any atom is 0.246 e. The van der Waals surface area contributed by atoms with E-state index in [2.05, 4.69) is 6.58 Å². The Kier molecular flexibility index (Phi) is 4.43. The monoisotopic (exact) mass is 283 g/mol. The van der Waals surface area contributed by atoms with Crippen LogP contribution in [0.2, 0.25) is 5.02 Å². The van der Waals surface area contributed by atoms with E-state index in [0.29, 0.717) is 23.7 Å². The highest BCUT2D eigenvalue weighted by atomic mass is 35.5. The number of piperidine rings is 1. The Morgan fingerprint density at radius 2 is 2.16 bits per heavy atom. The minimum absolute atomic E-state index is 0.0448. The molecule has 1 aliphatic rings. The van der Waals surface area contributed by atoms with Crippen LogP contribution in [-0.2, 0) is 4.79 Å². The Bertz CT molecular complexity index is 463. The lowest BCUT2D eigenvalue weighted by molar-refractivity contribution is -0.129. The number of carbonyl (C=O) groups excluding carboxylic acids is 1. The smallest absolute Gasteiger partial charge is 0.246 e. The van der Waals surface area contributed by atoms with E-state index in [-0.39, 0.29) is 12.5 Å². The first kappa shape index (κ1) is 13.9. The number of nitrogens with zero attached hydrogens (tertiary/aromatic N) is 1. The van der Waals surface area contributed by atoms with Crippen molar-refractivity contribution in [3.05, 3.63) is 41.9 Å². The Morgan fingerprint density at radius 3 is 2.74 bits per heavy atom. The molecule has 19 heavy (non-hydrogen) atoms. The molecule has 2 rings (SSSR count). The van der Waals surface area contributed by atoms with Gasteiger partial charge >= 0.3 is 0 Å². The maximum absolute atomic E-state index is 14.0. The van der Waals surface area contributed by atoms with Crippen LogP contribution in [0, 0.1) is 0 Å². The number of carbonyl (C=O) groups is 1. The van der Waals surface area contributed by atoms with Crippen LogP contribution in [0.15, 0.2) is 36.9 Å². The molecule has 1 aliphatic heterocycles. The third-order valence-electron chi connectivity index (χ3n) is 3.07. The van der Waals surface area contributed by atoms with Crippen LogP contribution in [0.25, 0.3) is 0 Å². The fourth-order valence-electron chi connectivity index (χ4n) is 2.03. The number of benzene rings is 1. The van der Waals surface area contributed by atoms with Crippen LogP contribution < -0.4 is 4.74 Å². The van der Waals surface area contributed by atoms with E-state index >= 15 is 0 Å². The average Bonchev–Trinajstić information content (AvgIpc) is 2.42. The minimum atomic E-state index is -1.20. The Hall–Kier alpha value is -1.55. The highest BCUT2D eigenvalue weighted by Crippen LogP contribution is 2.22. The van der Waals surface area contributed by atoms with Gasteiger partial charge in [0.25, 0.3) is 0 Å². The molecule has 1 fully saturated rings. The number of alkyl halides is 1. The molecule has 102 valence electrons. The normalized spacial score (nSPS) is 22.9. The third kappa shape index (κ3) is 3.47. The van der Waals surface area contributed by atoms with Gasteiger partial charge in [0.1, 0.15) is 11.9 Å². The summed E-state index contributed by atoms with van der Waals surface area (Å²) in [6.45, 7) is 3.92. The number of amides is 1. The number of ether oxygens (including phenoxy) is 1. The van der Waals surface area contributed by atoms with Gasteiger partial charge in [-0.2, -0.15) is 0 Å². The standard InChI is InChI=1S/C14H15ClFNO2/c1-2-14(18)17-8-7-13(12(16)9-17)19-11-5-3-10(15)4-6-11/h2-6,12-13H,1,7-9H2/t12-,13+/m1/s1. The highest BCUT2D eigenvalue weighted by Gasteiger charge is 2.32. The van der Waals surface area contributed by atoms with Gasteiger partial charge in [-0.1, -0.05) is 18.2 Å². The van der Waals surface area contributed by atoms with Gasteiger partial charge in [0.15, 0.2) is 6.17 Å². The van der Waals surface area contributed by atoms with Crippen molar-refractivity contribution < 1.29 is 13.9 Å². The summed E-state index contributed by atoms with van der Waals surface area (Å²) in [5, 5.41) is 0.607. The number of likely N-dealkylation sites (tertiary alicyclic amines) is 1. The summed E-state index contributed by atoms with van der Waals surface area (Å²) in [7, 11) is 0. The van der Waals surface area contributed by atoms with E-state index in [4.69, 9.17) is 16.3 Å². The van der Waals surface area contributed by atoms with Crippen LogP contribution in [0.3, 0.4) is 0 Å². The second-order valence-electron chi connectivity index (χ2n) is 4.40. The van der Waals surface area contributed by atoms with Crippen LogP contribution in [0.4, 0.5) is 4.39 Å². The molecule has 0 aliphatic carbocycles. The second kappa shape index (κ2) is 6.06. The van der Waals surface area contributed by atoms with Crippen LogP contribution in [0.5, 0.6) is 5.75 Å². The summed E-state index contributed by atoms with van der Waals surface area (Å²) in [4.78, 5) is 12.8. The second-order valence-corrected chi connectivity index (χ2v) is 4.84. The summed E-state index contributed by atoms with van der Waals surface area (Å²) >= 11 is 5.77. The minimum Gasteiger partial charge on any atom is -0.487 e. The third-order valence-corrected chi connectivity index (χ3v) is 3.32. The first-order valence-corrected chi connectivity index (χ1v) is 6.45. The van der Waals surface area contributed by atoms with E-state index in [1.54, 1.807) is 24.3 Å². The first-order valence-electron chi connectivity index (χ1n) is 6.08. The maximum atomic E-state index is 14.0. The van der Waals surface area contributed by atoms with Gasteiger partial charge in [-0.25, -0.2) is 4.39 Å². The quantitative estimate of drug-likeness (QED) is 0.799. The zero-order valence-electron chi connectivity index (χ0n) is 10.4. The van der Waals surface area contributed by atoms with Gasteiger partial charge in [0, 0.05) is 18.0 Å². The van der Waals surface area contributed by atoms with Crippen molar-refractivity contribution in [3.8, 4) is 5.75 Å². The Morgan fingerprint density at radius 1 is 1.47 bits per heavy atom. The molecule has 0 saturated carbocycles. The fourth-order valence-corrected chi connectivity index (χ4v) is 2.16. The van der Waals surface area contributed by atoms with Gasteiger partial charge in [-0.05, 0) is 30.3 Å². The van der Waals surface area contributed by atoms with Crippen LogP contribution in [0.1, 0.15) is 6.42 Å². The molecule has 1 heterocycles. The molecule has 0 spiro atoms. The molecule has 0 radical (unpaired) electrons. The van der Waals surface area contributed by atoms with Crippen molar-refractivity contribution in [1.29, 1.82) is 0 Å². The van der Waals surface area contributed by atoms with Gasteiger partial charge in [-0.3, -0.25) is 4.79 Å². The molecule has 0 unspecified atom stereocenters. The highest BCUT2D eigenvalue weighted by molar-refractivity contribution is 6.30. The zero-order chi connectivity index (χ0) is 13.8. The van der Waals surface area contributed by atoms with Crippen molar-refractivity contribution in [2.75, 3.05) is 13.1 Å². The Balaban J connectivity index is 1.94. The van der Waals surface area contributed by atoms with Crippen molar-refractivity contribution in [2.45, 2.75) is 18.7 Å². The summed E-state index contributed by atoms with van der Waals surface area (Å²) in [5.74, 6) is 0.341. The van der Waals surface area contributed by atoms with Gasteiger partial charge in [0.05, 0.1) is 6.54 Å². The molecule has 1 amide bonds. The van der Waals surface area contributed by atoms with E-state index in [9.17, 15) is 9.18 Å². The van der Waals surface area contributed by atoms with Crippen molar-refractivity contribution in [1.82, 2.24) is 4.90 Å². The predicted molar refractivity (Wildman–Crippen MR) is 72.2 cm³/mol. The molecule has 0 aromatic heterocycles. The predicted octanol–water partition coefficient (Wildman–Crippen LogP) is 2.84. The zero-order valence-corrected chi connectivity index (χ0v) is 11.1. The van der Waals surface area contributed by atoms with Crippen LogP contribution >= 0.6 is 11.6 Å². The summed E-state index contributed by atoms with van der Waals surface area (Å²) in [5.41, 5.74) is 0. The molecule has 1 aromatic rings. The molecule has 1 saturated heterocycles. The first-order chi connectivity index (χ1) is 9.10. The van der Waals surface area contributed by atoms with Gasteiger partial charge in [-0.15, -0.1) is 0 Å². The summed E-state index contributed by atoms with van der Waals surface area (Å²) in [6, 6.07) is 6.80. The topological polar surface area (TPSA) is 29.5 Å². The fraction of sp³-hybridized carbons (Fsp3) is 0.357. The van der Waals surface area contributed by atoms with E-state index in [0.717, 1.165) is 0 Å². The lowest BCUT2D eigenvalue weighted by atomic mass is 10.1. The van der Waals surface area contributed by atoms with Gasteiger partial charge < -0.3 is 9.64 Å². The van der Waals surface area contributed by atoms with E-state index in [1.807, 2.05) is 0 Å². The van der Waals surface area contributed by atoms with Crippen molar-refractivity contribution in [3.63, 3.8) is 0 Å². The number of hydrogen-bond acceptors (Lipinski definition) is 2. The molecule has 2 atom stereocenters. The molecule has 5 heteroatoms. The molecular formula is C14H15ClFNO2. The lowest BCUT2D eigenvalue weighted by Gasteiger charge is -2.34. The van der Waals surface area contributed by atoms with Crippen molar-refractivity contribution in [2.24, 2.45) is 0 Å². The SMILES string of the molecule is C=CC(=O)N1CC[C@H](Oc2ccc(Cl)cc2)[C@H](F)C1. The van der Waals surface area contributed by atoms with Gasteiger partial charge in [0.2, 0.25) is 5.91 Å². The number of hydrogen-bond donors (Lipinski definition) is 0. The molecule has 0 N–H and O–H groups in total. The van der Waals surface area contributed by atoms with E-state index < -0.39 is 12.3 Å². The summed E-state index contributed by atoms with van der Waals surface area (Å²) < 4.78 is 19.6. The number of rotatable bonds is 3. The summed E-state index contributed by atoms with van der Waals surface area (Å²) in [6.07, 6.45) is -0.0698. The van der Waals surface area contributed by atoms with Crippen LogP contribution in [-0.4, -0.2) is 36.2 Å². The molecular weight excluding hydrogens is 269 g/mol. The largest absolute Gasteiger partial charge is 0.487 e. The molecule has 3 nitrogen and oxygen atoms in total. The van der Waals surface area contributed by atoms with E-state index in [1.165, 1.54) is 11.0 Å². The lowest BCUT2D eigenvalue weighted by Crippen LogP contribution is -2.48. The average molecular weight is 284 g/mol.